The van der Waals surface area contributed by atoms with Gasteiger partial charge in [-0.1, -0.05) is 6.07 Å². The number of fused-ring (bicyclic) bond motifs is 1. The number of rotatable bonds is 5. The maximum atomic E-state index is 11.8. The molecule has 2 aromatic rings. The molecule has 0 saturated carbocycles. The van der Waals surface area contributed by atoms with Gasteiger partial charge in [-0.3, -0.25) is 9.20 Å². The summed E-state index contributed by atoms with van der Waals surface area (Å²) >= 11 is 0. The van der Waals surface area contributed by atoms with Crippen molar-refractivity contribution in [1.29, 1.82) is 0 Å². The normalized spacial score (nSPS) is 12.8. The fraction of sp³-hybridized carbons (Fsp3) is 0.333. The Balaban J connectivity index is 2.12. The highest BCUT2D eigenvalue weighted by Crippen LogP contribution is 1.98. The zero-order chi connectivity index (χ0) is 13.0. The van der Waals surface area contributed by atoms with E-state index >= 15 is 0 Å². The van der Waals surface area contributed by atoms with Crippen molar-refractivity contribution in [2.24, 2.45) is 0 Å². The first-order valence-corrected chi connectivity index (χ1v) is 5.67. The van der Waals surface area contributed by atoms with Crippen molar-refractivity contribution in [3.05, 3.63) is 46.5 Å². The molecule has 0 aromatic carbocycles. The lowest BCUT2D eigenvalue weighted by Crippen LogP contribution is -2.29. The van der Waals surface area contributed by atoms with Gasteiger partial charge in [0, 0.05) is 25.4 Å². The van der Waals surface area contributed by atoms with Gasteiger partial charge in [0.15, 0.2) is 0 Å². The number of aromatic nitrogens is 2. The van der Waals surface area contributed by atoms with Crippen LogP contribution in [-0.4, -0.2) is 38.9 Å². The molecule has 0 aliphatic rings. The molecule has 0 amide bonds. The lowest BCUT2D eigenvalue weighted by Gasteiger charge is -2.08. The van der Waals surface area contributed by atoms with E-state index in [1.807, 2.05) is 6.07 Å². The molecule has 0 saturated heterocycles. The quantitative estimate of drug-likeness (QED) is 0.641. The van der Waals surface area contributed by atoms with Gasteiger partial charge in [-0.2, -0.15) is 0 Å². The second-order valence-corrected chi connectivity index (χ2v) is 3.98. The molecule has 1 unspecified atom stereocenters. The Kier molecular flexibility index (Phi) is 4.03. The van der Waals surface area contributed by atoms with E-state index in [1.165, 1.54) is 10.5 Å². The minimum Gasteiger partial charge on any atom is -0.394 e. The fourth-order valence-corrected chi connectivity index (χ4v) is 1.62. The average molecular weight is 249 g/mol. The number of pyridine rings is 1. The van der Waals surface area contributed by atoms with E-state index in [4.69, 9.17) is 10.2 Å². The van der Waals surface area contributed by atoms with Crippen LogP contribution >= 0.6 is 0 Å². The third kappa shape index (κ3) is 2.92. The molecule has 2 aromatic heterocycles. The number of nitrogens with zero attached hydrogens (tertiary/aromatic N) is 2. The Bertz CT molecular complexity index is 582. The van der Waals surface area contributed by atoms with Gasteiger partial charge in [0.1, 0.15) is 5.65 Å². The minimum atomic E-state index is -0.799. The monoisotopic (exact) mass is 249 g/mol. The van der Waals surface area contributed by atoms with Gasteiger partial charge in [0.05, 0.1) is 18.4 Å². The van der Waals surface area contributed by atoms with E-state index in [1.54, 1.807) is 18.3 Å². The summed E-state index contributed by atoms with van der Waals surface area (Å²) in [5.74, 6) is 0. The molecule has 0 aliphatic carbocycles. The topological polar surface area (TPSA) is 86.9 Å². The van der Waals surface area contributed by atoms with Crippen LogP contribution in [0.4, 0.5) is 0 Å². The number of hydrogen-bond acceptors (Lipinski definition) is 5. The number of hydrogen-bond donors (Lipinski definition) is 3. The molecule has 6 heteroatoms. The molecule has 96 valence electrons. The highest BCUT2D eigenvalue weighted by atomic mass is 16.3. The maximum absolute atomic E-state index is 11.8. The van der Waals surface area contributed by atoms with Crippen molar-refractivity contribution in [2.45, 2.75) is 12.6 Å². The van der Waals surface area contributed by atoms with Gasteiger partial charge in [0.25, 0.3) is 5.56 Å². The summed E-state index contributed by atoms with van der Waals surface area (Å²) in [5, 5.41) is 20.7. The van der Waals surface area contributed by atoms with Crippen LogP contribution in [0, 0.1) is 0 Å². The fourth-order valence-electron chi connectivity index (χ4n) is 1.62. The third-order valence-electron chi connectivity index (χ3n) is 2.52. The zero-order valence-corrected chi connectivity index (χ0v) is 9.78. The van der Waals surface area contributed by atoms with Crippen molar-refractivity contribution in [2.75, 3.05) is 13.2 Å². The van der Waals surface area contributed by atoms with E-state index in [2.05, 4.69) is 10.3 Å². The van der Waals surface area contributed by atoms with Crippen LogP contribution in [0.5, 0.6) is 0 Å². The lowest BCUT2D eigenvalue weighted by molar-refractivity contribution is 0.0941. The summed E-state index contributed by atoms with van der Waals surface area (Å²) in [5.41, 5.74) is 1.06. The Morgan fingerprint density at radius 1 is 1.44 bits per heavy atom. The number of aliphatic hydroxyl groups excluding tert-OH is 2. The van der Waals surface area contributed by atoms with Crippen molar-refractivity contribution < 1.29 is 10.2 Å². The summed E-state index contributed by atoms with van der Waals surface area (Å²) in [6, 6.07) is 6.79. The first kappa shape index (κ1) is 12.7. The molecule has 1 atom stereocenters. The van der Waals surface area contributed by atoms with Crippen LogP contribution in [0.2, 0.25) is 0 Å². The average Bonchev–Trinajstić information content (AvgIpc) is 2.38. The Hall–Kier alpha value is -1.76. The predicted molar refractivity (Wildman–Crippen MR) is 66.3 cm³/mol. The van der Waals surface area contributed by atoms with Gasteiger partial charge in [-0.15, -0.1) is 0 Å². The van der Waals surface area contributed by atoms with Crippen LogP contribution in [0.25, 0.3) is 5.65 Å². The number of nitrogens with one attached hydrogen (secondary N) is 1. The summed E-state index contributed by atoms with van der Waals surface area (Å²) in [7, 11) is 0. The van der Waals surface area contributed by atoms with Gasteiger partial charge in [-0.05, 0) is 12.1 Å². The highest BCUT2D eigenvalue weighted by molar-refractivity contribution is 5.37. The first-order chi connectivity index (χ1) is 8.70. The smallest absolute Gasteiger partial charge is 0.258 e. The molecule has 0 bridgehead atoms. The summed E-state index contributed by atoms with van der Waals surface area (Å²) < 4.78 is 1.46. The molecule has 2 rings (SSSR count). The second kappa shape index (κ2) is 5.72. The summed E-state index contributed by atoms with van der Waals surface area (Å²) in [6.45, 7) is 0.338. The van der Waals surface area contributed by atoms with E-state index in [0.717, 1.165) is 0 Å². The molecule has 0 aliphatic heterocycles. The van der Waals surface area contributed by atoms with Crippen molar-refractivity contribution in [3.63, 3.8) is 0 Å². The van der Waals surface area contributed by atoms with Crippen LogP contribution in [0.15, 0.2) is 35.3 Å². The molecule has 18 heavy (non-hydrogen) atoms. The predicted octanol–water partition coefficient (Wildman–Crippen LogP) is -0.863. The minimum absolute atomic E-state index is 0.139. The van der Waals surface area contributed by atoms with Crippen molar-refractivity contribution in [3.8, 4) is 0 Å². The molecular weight excluding hydrogens is 234 g/mol. The van der Waals surface area contributed by atoms with Crippen LogP contribution in [-0.2, 0) is 6.54 Å². The van der Waals surface area contributed by atoms with Crippen molar-refractivity contribution in [1.82, 2.24) is 14.7 Å². The lowest BCUT2D eigenvalue weighted by atomic mass is 10.3. The van der Waals surface area contributed by atoms with Gasteiger partial charge >= 0.3 is 0 Å². The molecular formula is C12H15N3O3. The maximum Gasteiger partial charge on any atom is 0.258 e. The summed E-state index contributed by atoms with van der Waals surface area (Å²) in [4.78, 5) is 16.1. The van der Waals surface area contributed by atoms with Crippen molar-refractivity contribution >= 4 is 5.65 Å². The van der Waals surface area contributed by atoms with Crippen LogP contribution < -0.4 is 10.9 Å². The standard InChI is InChI=1S/C12H15N3O3/c16-8-10(17)7-13-6-9-5-12(18)15-4-2-1-3-11(15)14-9/h1-5,10,13,16-17H,6-8H2. The van der Waals surface area contributed by atoms with E-state index in [9.17, 15) is 4.79 Å². The third-order valence-corrected chi connectivity index (χ3v) is 2.52. The van der Waals surface area contributed by atoms with Gasteiger partial charge in [-0.25, -0.2) is 4.98 Å². The van der Waals surface area contributed by atoms with E-state index in [-0.39, 0.29) is 18.7 Å². The molecule has 3 N–H and O–H groups in total. The second-order valence-electron chi connectivity index (χ2n) is 3.98. The SMILES string of the molecule is O=c1cc(CNCC(O)CO)nc2ccccn12. The Morgan fingerprint density at radius 2 is 2.28 bits per heavy atom. The first-order valence-electron chi connectivity index (χ1n) is 5.67. The number of aliphatic hydroxyl groups is 2. The molecule has 0 fully saturated rings. The molecule has 2 heterocycles. The molecule has 6 nitrogen and oxygen atoms in total. The van der Waals surface area contributed by atoms with E-state index < -0.39 is 6.10 Å². The van der Waals surface area contributed by atoms with Crippen LogP contribution in [0.3, 0.4) is 0 Å². The van der Waals surface area contributed by atoms with Gasteiger partial charge in [0.2, 0.25) is 0 Å². The summed E-state index contributed by atoms with van der Waals surface area (Å²) in [6.07, 6.45) is 0.865. The highest BCUT2D eigenvalue weighted by Gasteiger charge is 2.03. The Morgan fingerprint density at radius 3 is 3.06 bits per heavy atom. The van der Waals surface area contributed by atoms with Crippen LogP contribution in [0.1, 0.15) is 5.69 Å². The molecule has 0 radical (unpaired) electrons. The Labute approximate surface area is 104 Å². The van der Waals surface area contributed by atoms with Gasteiger partial charge < -0.3 is 15.5 Å². The molecule has 0 spiro atoms. The van der Waals surface area contributed by atoms with E-state index in [0.29, 0.717) is 17.9 Å². The largest absolute Gasteiger partial charge is 0.394 e. The zero-order valence-electron chi connectivity index (χ0n) is 9.78.